The van der Waals surface area contributed by atoms with E-state index in [4.69, 9.17) is 5.26 Å². The van der Waals surface area contributed by atoms with Gasteiger partial charge in [0.25, 0.3) is 0 Å². The fourth-order valence-corrected chi connectivity index (χ4v) is 3.66. The Bertz CT molecular complexity index is 977. The molecule has 3 N–H and O–H groups in total. The van der Waals surface area contributed by atoms with Crippen LogP contribution in [0.2, 0.25) is 0 Å². The molecule has 3 rings (SSSR count). The molecule has 0 bridgehead atoms. The number of anilines is 1. The molecule has 2 aromatic carbocycles. The lowest BCUT2D eigenvalue weighted by molar-refractivity contribution is -0.128. The van der Waals surface area contributed by atoms with Crippen molar-refractivity contribution in [2.45, 2.75) is 38.3 Å². The Labute approximate surface area is 187 Å². The highest BCUT2D eigenvalue weighted by Crippen LogP contribution is 2.15. The fraction of sp³-hybridized carbons (Fsp3) is 0.333. The molecule has 4 amide bonds. The third-order valence-corrected chi connectivity index (χ3v) is 5.37. The zero-order valence-electron chi connectivity index (χ0n) is 18.0. The van der Waals surface area contributed by atoms with E-state index in [0.29, 0.717) is 43.6 Å². The third-order valence-electron chi connectivity index (χ3n) is 5.37. The van der Waals surface area contributed by atoms with Crippen LogP contribution in [0.3, 0.4) is 0 Å². The summed E-state index contributed by atoms with van der Waals surface area (Å²) in [5.41, 5.74) is 2.13. The lowest BCUT2D eigenvalue weighted by Gasteiger charge is -2.33. The predicted octanol–water partition coefficient (Wildman–Crippen LogP) is 2.42. The highest BCUT2D eigenvalue weighted by atomic mass is 16.2. The first kappa shape index (κ1) is 22.8. The van der Waals surface area contributed by atoms with Crippen molar-refractivity contribution >= 4 is 23.5 Å². The number of nitrogens with zero attached hydrogens (tertiary/aromatic N) is 2. The van der Waals surface area contributed by atoms with Gasteiger partial charge in [0.2, 0.25) is 11.8 Å². The van der Waals surface area contributed by atoms with Crippen LogP contribution in [-0.2, 0) is 16.0 Å². The Balaban J connectivity index is 1.49. The van der Waals surface area contributed by atoms with E-state index < -0.39 is 6.04 Å². The number of urea groups is 1. The summed E-state index contributed by atoms with van der Waals surface area (Å²) in [6, 6.07) is 17.4. The number of amides is 4. The molecule has 0 unspecified atom stereocenters. The van der Waals surface area contributed by atoms with Crippen LogP contribution in [0, 0.1) is 11.3 Å². The van der Waals surface area contributed by atoms with Crippen LogP contribution in [0.4, 0.5) is 10.5 Å². The molecule has 2 aromatic rings. The van der Waals surface area contributed by atoms with E-state index in [-0.39, 0.29) is 23.9 Å². The Morgan fingerprint density at radius 2 is 1.72 bits per heavy atom. The smallest absolute Gasteiger partial charge is 0.321 e. The second-order valence-electron chi connectivity index (χ2n) is 7.83. The maximum atomic E-state index is 12.8. The Morgan fingerprint density at radius 1 is 1.06 bits per heavy atom. The quantitative estimate of drug-likeness (QED) is 0.649. The fourth-order valence-electron chi connectivity index (χ4n) is 3.66. The molecule has 1 aliphatic rings. The molecule has 8 nitrogen and oxygen atoms in total. The van der Waals surface area contributed by atoms with E-state index in [1.54, 1.807) is 29.2 Å². The number of carbonyl (C=O) groups excluding carboxylic acids is 3. The lowest BCUT2D eigenvalue weighted by atomic mass is 10.0. The minimum absolute atomic E-state index is 0.0616. The SMILES string of the molecule is CC(=O)N[C@H](Cc1ccccc1)C(=O)NC1CCN(C(=O)Nc2ccc(C#N)cc2)CC1. The monoisotopic (exact) mass is 433 g/mol. The average Bonchev–Trinajstić information content (AvgIpc) is 2.80. The summed E-state index contributed by atoms with van der Waals surface area (Å²) in [6.07, 6.45) is 1.67. The summed E-state index contributed by atoms with van der Waals surface area (Å²) in [6.45, 7) is 2.42. The molecule has 0 radical (unpaired) electrons. The van der Waals surface area contributed by atoms with Crippen LogP contribution in [0.15, 0.2) is 54.6 Å². The van der Waals surface area contributed by atoms with Gasteiger partial charge in [0.15, 0.2) is 0 Å². The van der Waals surface area contributed by atoms with Crippen molar-refractivity contribution < 1.29 is 14.4 Å². The van der Waals surface area contributed by atoms with E-state index in [9.17, 15) is 14.4 Å². The summed E-state index contributed by atoms with van der Waals surface area (Å²) >= 11 is 0. The summed E-state index contributed by atoms with van der Waals surface area (Å²) in [7, 11) is 0. The molecule has 0 aromatic heterocycles. The minimum atomic E-state index is -0.646. The van der Waals surface area contributed by atoms with Gasteiger partial charge in [-0.2, -0.15) is 5.26 Å². The molecule has 1 aliphatic heterocycles. The number of hydrogen-bond acceptors (Lipinski definition) is 4. The van der Waals surface area contributed by atoms with Gasteiger partial charge in [-0.15, -0.1) is 0 Å². The second kappa shape index (κ2) is 11.0. The molecule has 1 saturated heterocycles. The van der Waals surface area contributed by atoms with Crippen molar-refractivity contribution in [1.82, 2.24) is 15.5 Å². The average molecular weight is 434 g/mol. The molecular weight excluding hydrogens is 406 g/mol. The molecule has 1 atom stereocenters. The van der Waals surface area contributed by atoms with Crippen LogP contribution >= 0.6 is 0 Å². The first-order valence-electron chi connectivity index (χ1n) is 10.6. The van der Waals surface area contributed by atoms with E-state index in [1.807, 2.05) is 36.4 Å². The maximum Gasteiger partial charge on any atom is 0.321 e. The molecular formula is C24H27N5O3. The molecule has 32 heavy (non-hydrogen) atoms. The number of nitrogens with one attached hydrogen (secondary N) is 3. The van der Waals surface area contributed by atoms with Crippen molar-refractivity contribution in [1.29, 1.82) is 5.26 Å². The largest absolute Gasteiger partial charge is 0.351 e. The van der Waals surface area contributed by atoms with Crippen LogP contribution in [-0.4, -0.2) is 47.9 Å². The molecule has 8 heteroatoms. The Morgan fingerprint density at radius 3 is 2.31 bits per heavy atom. The Kier molecular flexibility index (Phi) is 7.81. The van der Waals surface area contributed by atoms with E-state index in [0.717, 1.165) is 5.56 Å². The molecule has 0 spiro atoms. The zero-order chi connectivity index (χ0) is 22.9. The molecule has 0 aliphatic carbocycles. The molecule has 0 saturated carbocycles. The maximum absolute atomic E-state index is 12.8. The van der Waals surface area contributed by atoms with Crippen LogP contribution in [0.5, 0.6) is 0 Å². The molecule has 166 valence electrons. The van der Waals surface area contributed by atoms with Gasteiger partial charge in [-0.25, -0.2) is 4.79 Å². The number of hydrogen-bond donors (Lipinski definition) is 3. The van der Waals surface area contributed by atoms with E-state index in [1.165, 1.54) is 6.92 Å². The molecule has 1 heterocycles. The summed E-state index contributed by atoms with van der Waals surface area (Å²) < 4.78 is 0. The normalized spacial score (nSPS) is 14.7. The van der Waals surface area contributed by atoms with Crippen LogP contribution in [0.25, 0.3) is 0 Å². The first-order chi connectivity index (χ1) is 15.4. The third kappa shape index (κ3) is 6.57. The van der Waals surface area contributed by atoms with Crippen molar-refractivity contribution in [3.05, 3.63) is 65.7 Å². The van der Waals surface area contributed by atoms with Crippen molar-refractivity contribution in [3.8, 4) is 6.07 Å². The van der Waals surface area contributed by atoms with Gasteiger partial charge < -0.3 is 20.9 Å². The zero-order valence-corrected chi connectivity index (χ0v) is 18.0. The second-order valence-corrected chi connectivity index (χ2v) is 7.83. The van der Waals surface area contributed by atoms with Gasteiger partial charge >= 0.3 is 6.03 Å². The number of nitriles is 1. The highest BCUT2D eigenvalue weighted by molar-refractivity contribution is 5.89. The number of likely N-dealkylation sites (tertiary alicyclic amines) is 1. The van der Waals surface area contributed by atoms with Gasteiger partial charge in [0, 0.05) is 38.2 Å². The van der Waals surface area contributed by atoms with Gasteiger partial charge in [-0.05, 0) is 42.7 Å². The molecule has 1 fully saturated rings. The number of carbonyl (C=O) groups is 3. The summed E-state index contributed by atoms with van der Waals surface area (Å²) in [5.74, 6) is -0.472. The predicted molar refractivity (Wildman–Crippen MR) is 121 cm³/mol. The van der Waals surface area contributed by atoms with Crippen LogP contribution in [0.1, 0.15) is 30.9 Å². The van der Waals surface area contributed by atoms with Gasteiger partial charge in [-0.1, -0.05) is 30.3 Å². The van der Waals surface area contributed by atoms with E-state index >= 15 is 0 Å². The highest BCUT2D eigenvalue weighted by Gasteiger charge is 2.27. The van der Waals surface area contributed by atoms with E-state index in [2.05, 4.69) is 16.0 Å². The van der Waals surface area contributed by atoms with Crippen molar-refractivity contribution in [2.24, 2.45) is 0 Å². The number of piperidine rings is 1. The van der Waals surface area contributed by atoms with Gasteiger partial charge in [-0.3, -0.25) is 9.59 Å². The number of benzene rings is 2. The van der Waals surface area contributed by atoms with Gasteiger partial charge in [0.05, 0.1) is 11.6 Å². The standard InChI is InChI=1S/C24H27N5O3/c1-17(30)26-22(15-18-5-3-2-4-6-18)23(31)27-21-11-13-29(14-12-21)24(32)28-20-9-7-19(16-25)8-10-20/h2-10,21-22H,11-15H2,1H3,(H,26,30)(H,27,31)(H,28,32)/t22-/m1/s1. The lowest BCUT2D eigenvalue weighted by Crippen LogP contribution is -2.53. The summed E-state index contributed by atoms with van der Waals surface area (Å²) in [5, 5.41) is 17.4. The minimum Gasteiger partial charge on any atom is -0.351 e. The Hall–Kier alpha value is -3.86. The van der Waals surface area contributed by atoms with Gasteiger partial charge in [0.1, 0.15) is 6.04 Å². The first-order valence-corrected chi connectivity index (χ1v) is 10.6. The summed E-state index contributed by atoms with van der Waals surface area (Å²) in [4.78, 5) is 38.6. The topological polar surface area (TPSA) is 114 Å². The van der Waals surface area contributed by atoms with Crippen molar-refractivity contribution in [3.63, 3.8) is 0 Å². The number of rotatable bonds is 6. The van der Waals surface area contributed by atoms with Crippen molar-refractivity contribution in [2.75, 3.05) is 18.4 Å². The van der Waals surface area contributed by atoms with Crippen LogP contribution < -0.4 is 16.0 Å².